The standard InChI is InChI=1S/C12H19NO4/c1-9(2)16-7-5-12(15)13-8-10(14)11-4-3-6-17-11/h3-4,6,9-10,14H,5,7-8H2,1-2H3,(H,13,15). The molecule has 1 rings (SSSR count). The fourth-order valence-corrected chi connectivity index (χ4v) is 1.27. The van der Waals surface area contributed by atoms with Gasteiger partial charge in [0.25, 0.3) is 0 Å². The Hall–Kier alpha value is -1.33. The van der Waals surface area contributed by atoms with Gasteiger partial charge in [-0.3, -0.25) is 4.79 Å². The van der Waals surface area contributed by atoms with Gasteiger partial charge in [-0.25, -0.2) is 0 Å². The molecule has 0 aliphatic carbocycles. The van der Waals surface area contributed by atoms with Crippen molar-refractivity contribution in [3.05, 3.63) is 24.2 Å². The van der Waals surface area contributed by atoms with Crippen LogP contribution in [0.3, 0.4) is 0 Å². The molecule has 0 aliphatic rings. The number of aliphatic hydroxyl groups excluding tert-OH is 1. The number of hydrogen-bond donors (Lipinski definition) is 2. The minimum absolute atomic E-state index is 0.122. The van der Waals surface area contributed by atoms with E-state index in [-0.39, 0.29) is 18.6 Å². The van der Waals surface area contributed by atoms with Crippen LogP contribution in [0.5, 0.6) is 0 Å². The maximum absolute atomic E-state index is 11.4. The molecule has 1 aromatic heterocycles. The molecule has 17 heavy (non-hydrogen) atoms. The van der Waals surface area contributed by atoms with Gasteiger partial charge in [0.1, 0.15) is 11.9 Å². The highest BCUT2D eigenvalue weighted by molar-refractivity contribution is 5.75. The summed E-state index contributed by atoms with van der Waals surface area (Å²) >= 11 is 0. The zero-order valence-electron chi connectivity index (χ0n) is 10.2. The fourth-order valence-electron chi connectivity index (χ4n) is 1.27. The van der Waals surface area contributed by atoms with Crippen LogP contribution in [0.15, 0.2) is 22.8 Å². The summed E-state index contributed by atoms with van der Waals surface area (Å²) in [6.07, 6.45) is 1.09. The number of nitrogens with one attached hydrogen (secondary N) is 1. The van der Waals surface area contributed by atoms with Crippen LogP contribution in [0.4, 0.5) is 0 Å². The fraction of sp³-hybridized carbons (Fsp3) is 0.583. The van der Waals surface area contributed by atoms with E-state index in [2.05, 4.69) is 5.32 Å². The summed E-state index contributed by atoms with van der Waals surface area (Å²) in [7, 11) is 0. The Morgan fingerprint density at radius 2 is 2.35 bits per heavy atom. The van der Waals surface area contributed by atoms with Crippen molar-refractivity contribution in [1.82, 2.24) is 5.32 Å². The zero-order chi connectivity index (χ0) is 12.7. The van der Waals surface area contributed by atoms with Gasteiger partial charge in [0, 0.05) is 6.42 Å². The minimum atomic E-state index is -0.806. The topological polar surface area (TPSA) is 71.7 Å². The number of hydrogen-bond acceptors (Lipinski definition) is 4. The Labute approximate surface area is 101 Å². The number of carbonyl (C=O) groups is 1. The molecule has 96 valence electrons. The van der Waals surface area contributed by atoms with Crippen LogP contribution in [-0.4, -0.2) is 30.3 Å². The van der Waals surface area contributed by atoms with E-state index in [0.29, 0.717) is 18.8 Å². The van der Waals surface area contributed by atoms with Gasteiger partial charge in [-0.2, -0.15) is 0 Å². The third-order valence-electron chi connectivity index (χ3n) is 2.14. The smallest absolute Gasteiger partial charge is 0.222 e. The first-order valence-electron chi connectivity index (χ1n) is 5.69. The molecule has 5 heteroatoms. The van der Waals surface area contributed by atoms with Gasteiger partial charge in [0.2, 0.25) is 5.91 Å². The van der Waals surface area contributed by atoms with E-state index in [1.807, 2.05) is 13.8 Å². The molecule has 0 bridgehead atoms. The summed E-state index contributed by atoms with van der Waals surface area (Å²) in [5.74, 6) is 0.306. The number of aliphatic hydroxyl groups is 1. The van der Waals surface area contributed by atoms with Crippen LogP contribution < -0.4 is 5.32 Å². The predicted octanol–water partition coefficient (Wildman–Crippen LogP) is 1.24. The van der Waals surface area contributed by atoms with Gasteiger partial charge in [-0.15, -0.1) is 0 Å². The molecule has 0 spiro atoms. The highest BCUT2D eigenvalue weighted by Crippen LogP contribution is 2.11. The van der Waals surface area contributed by atoms with Crippen LogP contribution in [0.2, 0.25) is 0 Å². The number of amides is 1. The molecule has 0 saturated carbocycles. The Kier molecular flexibility index (Phi) is 5.72. The van der Waals surface area contributed by atoms with Crippen molar-refractivity contribution in [3.63, 3.8) is 0 Å². The highest BCUT2D eigenvalue weighted by Gasteiger charge is 2.11. The second-order valence-corrected chi connectivity index (χ2v) is 4.00. The molecule has 0 aromatic carbocycles. The van der Waals surface area contributed by atoms with Crippen LogP contribution in [-0.2, 0) is 9.53 Å². The summed E-state index contributed by atoms with van der Waals surface area (Å²) in [5.41, 5.74) is 0. The molecule has 0 saturated heterocycles. The number of carbonyl (C=O) groups excluding carboxylic acids is 1. The molecule has 1 atom stereocenters. The number of rotatable bonds is 7. The second kappa shape index (κ2) is 7.09. The Bertz CT molecular complexity index is 321. The third kappa shape index (κ3) is 5.51. The van der Waals surface area contributed by atoms with Crippen molar-refractivity contribution in [2.24, 2.45) is 0 Å². The van der Waals surface area contributed by atoms with Crippen molar-refractivity contribution in [3.8, 4) is 0 Å². The first-order valence-corrected chi connectivity index (χ1v) is 5.69. The Morgan fingerprint density at radius 3 is 2.94 bits per heavy atom. The maximum atomic E-state index is 11.4. The molecule has 5 nitrogen and oxygen atoms in total. The highest BCUT2D eigenvalue weighted by atomic mass is 16.5. The largest absolute Gasteiger partial charge is 0.467 e. The van der Waals surface area contributed by atoms with Crippen molar-refractivity contribution in [2.75, 3.05) is 13.2 Å². The molecule has 1 heterocycles. The maximum Gasteiger partial charge on any atom is 0.222 e. The predicted molar refractivity (Wildman–Crippen MR) is 62.4 cm³/mol. The SMILES string of the molecule is CC(C)OCCC(=O)NCC(O)c1ccco1. The summed E-state index contributed by atoms with van der Waals surface area (Å²) in [6, 6.07) is 3.36. The molecule has 0 fully saturated rings. The lowest BCUT2D eigenvalue weighted by Crippen LogP contribution is -2.29. The molecular formula is C12H19NO4. The van der Waals surface area contributed by atoms with E-state index in [0.717, 1.165) is 0 Å². The molecule has 0 radical (unpaired) electrons. The van der Waals surface area contributed by atoms with Crippen molar-refractivity contribution in [2.45, 2.75) is 32.5 Å². The van der Waals surface area contributed by atoms with Gasteiger partial charge in [-0.1, -0.05) is 0 Å². The molecular weight excluding hydrogens is 222 g/mol. The van der Waals surface area contributed by atoms with Crippen molar-refractivity contribution < 1.29 is 19.1 Å². The van der Waals surface area contributed by atoms with Crippen molar-refractivity contribution in [1.29, 1.82) is 0 Å². The summed E-state index contributed by atoms with van der Waals surface area (Å²) in [4.78, 5) is 11.4. The van der Waals surface area contributed by atoms with Crippen LogP contribution in [0.1, 0.15) is 32.1 Å². The van der Waals surface area contributed by atoms with Gasteiger partial charge >= 0.3 is 0 Å². The van der Waals surface area contributed by atoms with Gasteiger partial charge in [0.15, 0.2) is 0 Å². The first-order chi connectivity index (χ1) is 8.09. The normalized spacial score (nSPS) is 12.7. The molecule has 2 N–H and O–H groups in total. The van der Waals surface area contributed by atoms with Gasteiger partial charge in [-0.05, 0) is 26.0 Å². The van der Waals surface area contributed by atoms with E-state index < -0.39 is 6.10 Å². The van der Waals surface area contributed by atoms with E-state index in [1.165, 1.54) is 6.26 Å². The lowest BCUT2D eigenvalue weighted by molar-refractivity contribution is -0.123. The monoisotopic (exact) mass is 241 g/mol. The summed E-state index contributed by atoms with van der Waals surface area (Å²) in [6.45, 7) is 4.37. The number of furan rings is 1. The van der Waals surface area contributed by atoms with E-state index in [1.54, 1.807) is 12.1 Å². The molecule has 1 aromatic rings. The zero-order valence-corrected chi connectivity index (χ0v) is 10.2. The van der Waals surface area contributed by atoms with E-state index in [9.17, 15) is 9.90 Å². The van der Waals surface area contributed by atoms with E-state index >= 15 is 0 Å². The summed E-state index contributed by atoms with van der Waals surface area (Å²) < 4.78 is 10.3. The summed E-state index contributed by atoms with van der Waals surface area (Å²) in [5, 5.41) is 12.2. The van der Waals surface area contributed by atoms with Crippen LogP contribution in [0, 0.1) is 0 Å². The second-order valence-electron chi connectivity index (χ2n) is 4.00. The lowest BCUT2D eigenvalue weighted by atomic mass is 10.2. The van der Waals surface area contributed by atoms with E-state index in [4.69, 9.17) is 9.15 Å². The van der Waals surface area contributed by atoms with Crippen LogP contribution in [0.25, 0.3) is 0 Å². The molecule has 1 amide bonds. The van der Waals surface area contributed by atoms with Crippen molar-refractivity contribution >= 4 is 5.91 Å². The molecule has 0 aliphatic heterocycles. The van der Waals surface area contributed by atoms with Gasteiger partial charge in [0.05, 0.1) is 25.5 Å². The average Bonchev–Trinajstić information content (AvgIpc) is 2.78. The average molecular weight is 241 g/mol. The van der Waals surface area contributed by atoms with Crippen LogP contribution >= 0.6 is 0 Å². The third-order valence-corrected chi connectivity index (χ3v) is 2.14. The Balaban J connectivity index is 2.15. The minimum Gasteiger partial charge on any atom is -0.467 e. The quantitative estimate of drug-likeness (QED) is 0.753. The molecule has 1 unspecified atom stereocenters. The van der Waals surface area contributed by atoms with Gasteiger partial charge < -0.3 is 19.6 Å². The number of ether oxygens (including phenoxy) is 1. The Morgan fingerprint density at radius 1 is 1.59 bits per heavy atom. The lowest BCUT2D eigenvalue weighted by Gasteiger charge is -2.10. The first kappa shape index (κ1) is 13.7.